The lowest BCUT2D eigenvalue weighted by atomic mass is 10.5. The van der Waals surface area contributed by atoms with Gasteiger partial charge >= 0.3 is 0 Å². The first-order valence-corrected chi connectivity index (χ1v) is 3.69. The van der Waals surface area contributed by atoms with Crippen LogP contribution in [0.2, 0.25) is 0 Å². The van der Waals surface area contributed by atoms with Crippen molar-refractivity contribution in [3.05, 3.63) is 0 Å². The van der Waals surface area contributed by atoms with Crippen LogP contribution in [0.5, 0.6) is 0 Å². The zero-order valence-corrected chi connectivity index (χ0v) is 8.44. The maximum absolute atomic E-state index is 9.44. The Kier molecular flexibility index (Phi) is 18.9. The van der Waals surface area contributed by atoms with E-state index in [-0.39, 0.29) is 12.4 Å². The van der Waals surface area contributed by atoms with Crippen molar-refractivity contribution in [2.24, 2.45) is 0 Å². The molecule has 0 aromatic heterocycles. The molecular formula is C8H18O5. The molecule has 13 heavy (non-hydrogen) atoms. The molecule has 0 saturated carbocycles. The second-order valence-electron chi connectivity index (χ2n) is 2.46. The number of aliphatic hydroxyl groups excluding tert-OH is 2. The Bertz CT molecular complexity index is 110. The largest absolute Gasteiger partial charge is 0.481 e. The number of ketones is 1. The highest BCUT2D eigenvalue weighted by Crippen LogP contribution is 1.68. The zero-order chi connectivity index (χ0) is 11.4. The first kappa shape index (κ1) is 18.0. The van der Waals surface area contributed by atoms with E-state index in [1.807, 2.05) is 0 Å². The predicted molar refractivity (Wildman–Crippen MR) is 48.4 cm³/mol. The van der Waals surface area contributed by atoms with E-state index in [9.17, 15) is 4.79 Å². The molecule has 0 amide bonds. The van der Waals surface area contributed by atoms with Crippen LogP contribution in [0.1, 0.15) is 27.7 Å². The van der Waals surface area contributed by atoms with Crippen LogP contribution < -0.4 is 0 Å². The maximum atomic E-state index is 9.44. The molecule has 0 saturated heterocycles. The summed E-state index contributed by atoms with van der Waals surface area (Å²) in [4.78, 5) is 18.4. The molecule has 0 radical (unpaired) electrons. The highest BCUT2D eigenvalue weighted by Gasteiger charge is 1.83. The molecule has 5 heteroatoms. The highest BCUT2D eigenvalue weighted by molar-refractivity contribution is 5.72. The van der Waals surface area contributed by atoms with E-state index < -0.39 is 12.1 Å². The third kappa shape index (κ3) is 808. The summed E-state index contributed by atoms with van der Waals surface area (Å²) in [7, 11) is 0. The van der Waals surface area contributed by atoms with E-state index in [0.717, 1.165) is 6.92 Å². The fourth-order valence-corrected chi connectivity index (χ4v) is 0. The summed E-state index contributed by atoms with van der Waals surface area (Å²) in [6.07, 6.45) is -0.560. The Hall–Kier alpha value is -0.940. The molecule has 1 unspecified atom stereocenters. The van der Waals surface area contributed by atoms with E-state index in [0.29, 0.717) is 0 Å². The molecule has 0 aliphatic rings. The number of carboxylic acid groups (broad SMARTS) is 1. The van der Waals surface area contributed by atoms with Crippen molar-refractivity contribution >= 4 is 11.8 Å². The van der Waals surface area contributed by atoms with Gasteiger partial charge in [0.1, 0.15) is 5.78 Å². The third-order valence-corrected chi connectivity index (χ3v) is 0.264. The molecule has 0 aromatic carbocycles. The number of carbonyl (C=O) groups excluding carboxylic acids is 1. The van der Waals surface area contributed by atoms with Crippen molar-refractivity contribution in [1.29, 1.82) is 0 Å². The van der Waals surface area contributed by atoms with E-state index in [1.54, 1.807) is 0 Å². The van der Waals surface area contributed by atoms with Gasteiger partial charge in [0, 0.05) is 6.92 Å². The molecule has 0 heterocycles. The molecule has 0 spiro atoms. The summed E-state index contributed by atoms with van der Waals surface area (Å²) in [6, 6.07) is 0. The Balaban J connectivity index is -0.000000117. The van der Waals surface area contributed by atoms with Gasteiger partial charge in [0.25, 0.3) is 5.97 Å². The molecule has 80 valence electrons. The molecule has 1 atom stereocenters. The molecule has 0 aromatic rings. The monoisotopic (exact) mass is 194 g/mol. The molecular weight excluding hydrogens is 176 g/mol. The Morgan fingerprint density at radius 2 is 1.31 bits per heavy atom. The van der Waals surface area contributed by atoms with Gasteiger partial charge in [-0.15, -0.1) is 0 Å². The van der Waals surface area contributed by atoms with Gasteiger partial charge < -0.3 is 20.1 Å². The van der Waals surface area contributed by atoms with Crippen LogP contribution in [0.4, 0.5) is 0 Å². The van der Waals surface area contributed by atoms with Gasteiger partial charge in [0.05, 0.1) is 12.7 Å². The molecule has 0 aliphatic heterocycles. The fraction of sp³-hybridized carbons (Fsp3) is 0.750. The average molecular weight is 194 g/mol. The summed E-state index contributed by atoms with van der Waals surface area (Å²) >= 11 is 0. The number of carboxylic acids is 1. The van der Waals surface area contributed by atoms with Gasteiger partial charge in [0.2, 0.25) is 0 Å². The van der Waals surface area contributed by atoms with E-state index in [4.69, 9.17) is 20.1 Å². The van der Waals surface area contributed by atoms with Gasteiger partial charge in [-0.3, -0.25) is 4.79 Å². The van der Waals surface area contributed by atoms with Crippen molar-refractivity contribution in [3.63, 3.8) is 0 Å². The van der Waals surface area contributed by atoms with Crippen molar-refractivity contribution in [3.8, 4) is 0 Å². The van der Waals surface area contributed by atoms with Crippen LogP contribution >= 0.6 is 0 Å². The number of aliphatic hydroxyl groups is 2. The Morgan fingerprint density at radius 3 is 1.31 bits per heavy atom. The lowest BCUT2D eigenvalue weighted by Gasteiger charge is -1.90. The number of carbonyl (C=O) groups is 2. The first-order chi connectivity index (χ1) is 5.73. The predicted octanol–water partition coefficient (Wildman–Crippen LogP) is 0.0457. The van der Waals surface area contributed by atoms with E-state index >= 15 is 0 Å². The number of Topliss-reactive ketones (excluding diaryl/α,β-unsaturated/α-hetero) is 1. The summed E-state index contributed by atoms with van der Waals surface area (Å²) in [5.41, 5.74) is 0. The lowest BCUT2D eigenvalue weighted by molar-refractivity contribution is -0.134. The molecule has 0 fully saturated rings. The van der Waals surface area contributed by atoms with E-state index in [2.05, 4.69) is 0 Å². The number of hydrogen-bond acceptors (Lipinski definition) is 4. The second-order valence-corrected chi connectivity index (χ2v) is 2.46. The van der Waals surface area contributed by atoms with Crippen LogP contribution in [-0.2, 0) is 9.59 Å². The third-order valence-electron chi connectivity index (χ3n) is 0.264. The minimum absolute atomic E-state index is 0.139. The van der Waals surface area contributed by atoms with Gasteiger partial charge in [0.15, 0.2) is 0 Å². The zero-order valence-electron chi connectivity index (χ0n) is 8.44. The lowest BCUT2D eigenvalue weighted by Crippen LogP contribution is -2.03. The van der Waals surface area contributed by atoms with Crippen molar-refractivity contribution in [2.45, 2.75) is 33.8 Å². The SMILES string of the molecule is CC(=O)O.CC(C)=O.CC(O)CO. The van der Waals surface area contributed by atoms with Gasteiger partial charge in [-0.25, -0.2) is 0 Å². The molecule has 0 aliphatic carbocycles. The minimum atomic E-state index is -0.833. The van der Waals surface area contributed by atoms with Crippen molar-refractivity contribution in [2.75, 3.05) is 6.61 Å². The molecule has 0 rings (SSSR count). The standard InChI is InChI=1S/C3H8O2.C3H6O.C2H4O2/c1-3(5)2-4;1-3(2)4;1-2(3)4/h3-5H,2H2,1H3;1-2H3;1H3,(H,3,4). The normalized spacial score (nSPS) is 9.69. The van der Waals surface area contributed by atoms with E-state index in [1.165, 1.54) is 20.8 Å². The number of hydrogen-bond donors (Lipinski definition) is 3. The van der Waals surface area contributed by atoms with Crippen molar-refractivity contribution in [1.82, 2.24) is 0 Å². The Morgan fingerprint density at radius 1 is 1.23 bits per heavy atom. The van der Waals surface area contributed by atoms with Gasteiger partial charge in [-0.2, -0.15) is 0 Å². The average Bonchev–Trinajstić information content (AvgIpc) is 1.84. The van der Waals surface area contributed by atoms with Gasteiger partial charge in [-0.05, 0) is 20.8 Å². The topological polar surface area (TPSA) is 94.8 Å². The van der Waals surface area contributed by atoms with Crippen LogP contribution in [0, 0.1) is 0 Å². The van der Waals surface area contributed by atoms with Crippen LogP contribution in [0.3, 0.4) is 0 Å². The Labute approximate surface area is 78.0 Å². The maximum Gasteiger partial charge on any atom is 0.300 e. The first-order valence-electron chi connectivity index (χ1n) is 3.69. The fourth-order valence-electron chi connectivity index (χ4n) is 0. The van der Waals surface area contributed by atoms with Gasteiger partial charge in [-0.1, -0.05) is 0 Å². The van der Waals surface area contributed by atoms with Crippen LogP contribution in [0.15, 0.2) is 0 Å². The summed E-state index contributed by atoms with van der Waals surface area (Å²) < 4.78 is 0. The highest BCUT2D eigenvalue weighted by atomic mass is 16.4. The molecule has 5 nitrogen and oxygen atoms in total. The van der Waals surface area contributed by atoms with Crippen LogP contribution in [0.25, 0.3) is 0 Å². The number of rotatable bonds is 1. The summed E-state index contributed by atoms with van der Waals surface area (Å²) in [5.74, 6) is -0.667. The second kappa shape index (κ2) is 13.6. The molecule has 0 bridgehead atoms. The quantitative estimate of drug-likeness (QED) is 0.548. The molecule has 3 N–H and O–H groups in total. The summed E-state index contributed by atoms with van der Waals surface area (Å²) in [6.45, 7) is 5.53. The minimum Gasteiger partial charge on any atom is -0.481 e. The smallest absolute Gasteiger partial charge is 0.300 e. The summed E-state index contributed by atoms with van der Waals surface area (Å²) in [5, 5.41) is 23.4. The van der Waals surface area contributed by atoms with Crippen molar-refractivity contribution < 1.29 is 24.9 Å². The number of aliphatic carboxylic acids is 1. The van der Waals surface area contributed by atoms with Crippen LogP contribution in [-0.4, -0.2) is 39.8 Å².